The summed E-state index contributed by atoms with van der Waals surface area (Å²) in [6.07, 6.45) is 12.5. The number of methoxy groups -OCH3 is 1. The largest absolute Gasteiger partial charge is 0.496 e. The predicted octanol–water partition coefficient (Wildman–Crippen LogP) is 5.21. The number of morpholine rings is 1. The Labute approximate surface area is 328 Å². The van der Waals surface area contributed by atoms with Crippen LogP contribution in [0.3, 0.4) is 0 Å². The third-order valence-corrected chi connectivity index (χ3v) is 16.6. The molecular weight excluding hydrogens is 731 g/mol. The smallest absolute Gasteiger partial charge is 0.320 e. The minimum Gasteiger partial charge on any atom is -0.496 e. The van der Waals surface area contributed by atoms with Gasteiger partial charge in [0.1, 0.15) is 5.75 Å². The van der Waals surface area contributed by atoms with Crippen LogP contribution in [0.4, 0.5) is 4.79 Å². The van der Waals surface area contributed by atoms with Crippen LogP contribution in [-0.2, 0) is 30.9 Å². The van der Waals surface area contributed by atoms with E-state index in [2.05, 4.69) is 44.5 Å². The second kappa shape index (κ2) is 13.0. The summed E-state index contributed by atoms with van der Waals surface area (Å²) in [5.41, 5.74) is 6.22. The molecule has 2 saturated carbocycles. The number of urea groups is 1. The second-order valence-corrected chi connectivity index (χ2v) is 20.3. The van der Waals surface area contributed by atoms with Gasteiger partial charge in [0.15, 0.2) is 0 Å². The maximum Gasteiger partial charge on any atom is 0.320 e. The highest BCUT2D eigenvalue weighted by Gasteiger charge is 2.70. The lowest BCUT2D eigenvalue weighted by atomic mass is 9.53. The van der Waals surface area contributed by atoms with E-state index in [9.17, 15) is 18.0 Å². The van der Waals surface area contributed by atoms with Crippen LogP contribution < -0.4 is 9.46 Å². The van der Waals surface area contributed by atoms with Gasteiger partial charge in [0.05, 0.1) is 42.6 Å². The van der Waals surface area contributed by atoms with Gasteiger partial charge in [-0.15, -0.1) is 0 Å². The number of rotatable bonds is 6. The molecule has 12 nitrogen and oxygen atoms in total. The molecule has 10 rings (SSSR count). The molecule has 4 aliphatic heterocycles. The second-order valence-electron chi connectivity index (χ2n) is 18.0. The van der Waals surface area contributed by atoms with E-state index >= 15 is 4.79 Å². The van der Waals surface area contributed by atoms with Crippen molar-refractivity contribution in [2.45, 2.75) is 88.8 Å². The Morgan fingerprint density at radius 3 is 2.30 bits per heavy atom. The number of allylic oxidation sites excluding steroid dienone is 4. The Bertz CT molecular complexity index is 2240. The first-order valence-electron chi connectivity index (χ1n) is 20.8. The van der Waals surface area contributed by atoms with Gasteiger partial charge >= 0.3 is 6.03 Å². The fraction of sp³-hybridized carbons (Fsp3) is 0.605. The van der Waals surface area contributed by atoms with Gasteiger partial charge in [-0.2, -0.15) is 0 Å². The fourth-order valence-corrected chi connectivity index (χ4v) is 12.4. The Morgan fingerprint density at radius 1 is 0.946 bits per heavy atom. The average Bonchev–Trinajstić information content (AvgIpc) is 3.69. The molecule has 4 aliphatic carbocycles. The number of likely N-dealkylation sites (tertiary alicyclic amines) is 2. The van der Waals surface area contributed by atoms with Crippen molar-refractivity contribution in [2.24, 2.45) is 16.7 Å². The summed E-state index contributed by atoms with van der Waals surface area (Å²) in [5, 5.41) is 0.257. The number of benzene rings is 1. The van der Waals surface area contributed by atoms with Crippen molar-refractivity contribution in [2.75, 3.05) is 59.6 Å². The molecule has 4 atom stereocenters. The van der Waals surface area contributed by atoms with Gasteiger partial charge in [-0.25, -0.2) is 17.9 Å². The molecule has 1 aromatic heterocycles. The number of ether oxygens (including phenoxy) is 2. The van der Waals surface area contributed by atoms with Crippen LogP contribution in [0.25, 0.3) is 10.9 Å². The van der Waals surface area contributed by atoms with E-state index in [4.69, 9.17) is 9.47 Å². The lowest BCUT2D eigenvalue weighted by Gasteiger charge is -2.48. The number of nitrogens with one attached hydrogen (secondary N) is 1. The summed E-state index contributed by atoms with van der Waals surface area (Å²) in [7, 11) is -2.15. The van der Waals surface area contributed by atoms with Gasteiger partial charge < -0.3 is 28.7 Å². The van der Waals surface area contributed by atoms with E-state index in [1.165, 1.54) is 24.8 Å². The summed E-state index contributed by atoms with van der Waals surface area (Å²) in [5.74, 6) is -0.0438. The maximum atomic E-state index is 15.2. The van der Waals surface area contributed by atoms with Crippen molar-refractivity contribution in [3.8, 4) is 5.75 Å². The summed E-state index contributed by atoms with van der Waals surface area (Å²) < 4.78 is 42.0. The molecule has 13 heteroatoms. The SMILES string of the molecule is COc1ccc(C2CCCCC2)c2c1cc1n2CC2=C(C(=O)NS(=O)(=O)C(C)C)C2=C2C=CC[C@@H](C(=O)N3CC45CCC4(C3)CN(C(=O)N3CCOCC3)C5)[C@@H]21. The number of hydrogen-bond acceptors (Lipinski definition) is 7. The molecule has 3 saturated heterocycles. The van der Waals surface area contributed by atoms with E-state index in [0.29, 0.717) is 76.9 Å². The van der Waals surface area contributed by atoms with Gasteiger partial charge in [0.2, 0.25) is 15.9 Å². The lowest BCUT2D eigenvalue weighted by Crippen LogP contribution is -2.49. The van der Waals surface area contributed by atoms with Crippen LogP contribution in [-0.4, -0.2) is 110 Å². The molecule has 5 heterocycles. The van der Waals surface area contributed by atoms with Gasteiger partial charge in [-0.05, 0) is 86.3 Å². The number of carbonyl (C=O) groups is 3. The van der Waals surface area contributed by atoms with E-state index < -0.39 is 27.1 Å². The molecule has 56 heavy (non-hydrogen) atoms. The monoisotopic (exact) mass is 783 g/mol. The number of amides is 4. The van der Waals surface area contributed by atoms with Crippen LogP contribution in [0.2, 0.25) is 0 Å². The number of nitrogens with zero attached hydrogens (tertiary/aromatic N) is 4. The zero-order valence-electron chi connectivity index (χ0n) is 32.8. The van der Waals surface area contributed by atoms with Crippen LogP contribution in [0.15, 0.2) is 52.6 Å². The van der Waals surface area contributed by atoms with Crippen molar-refractivity contribution in [1.82, 2.24) is 24.0 Å². The molecule has 0 radical (unpaired) electrons. The summed E-state index contributed by atoms with van der Waals surface area (Å²) in [6.45, 7) is 8.57. The Kier molecular flexibility index (Phi) is 8.39. The Hall–Kier alpha value is -4.10. The third-order valence-electron chi connectivity index (χ3n) is 14.9. The van der Waals surface area contributed by atoms with E-state index in [-0.39, 0.29) is 28.7 Å². The molecule has 5 fully saturated rings. The number of aromatic nitrogens is 1. The summed E-state index contributed by atoms with van der Waals surface area (Å²) in [4.78, 5) is 48.7. The minimum absolute atomic E-state index is 0.0879. The number of carbonyl (C=O) groups excluding carboxylic acids is 3. The number of fused-ring (bicyclic) bond motifs is 6. The van der Waals surface area contributed by atoms with Crippen molar-refractivity contribution in [3.05, 3.63) is 63.9 Å². The molecule has 1 N–H and O–H groups in total. The van der Waals surface area contributed by atoms with Gasteiger partial charge in [-0.3, -0.25) is 9.59 Å². The minimum atomic E-state index is -3.85. The highest BCUT2D eigenvalue weighted by Crippen LogP contribution is 2.66. The highest BCUT2D eigenvalue weighted by atomic mass is 32.2. The van der Waals surface area contributed by atoms with Gasteiger partial charge in [0.25, 0.3) is 5.91 Å². The van der Waals surface area contributed by atoms with Crippen LogP contribution in [0.5, 0.6) is 5.75 Å². The van der Waals surface area contributed by atoms with Crippen molar-refractivity contribution in [1.29, 1.82) is 0 Å². The molecular formula is C43H53N5O7S. The molecule has 298 valence electrons. The zero-order valence-corrected chi connectivity index (χ0v) is 33.6. The molecule has 0 spiro atoms. The molecule has 1 aromatic carbocycles. The Morgan fingerprint density at radius 2 is 1.64 bits per heavy atom. The number of sulfonamides is 1. The summed E-state index contributed by atoms with van der Waals surface area (Å²) in [6, 6.07) is 6.61. The van der Waals surface area contributed by atoms with E-state index in [0.717, 1.165) is 64.7 Å². The molecule has 0 bridgehead atoms. The van der Waals surface area contributed by atoms with Crippen molar-refractivity contribution >= 4 is 38.8 Å². The zero-order chi connectivity index (χ0) is 38.7. The normalized spacial score (nSPS) is 29.8. The fourth-order valence-electron chi connectivity index (χ4n) is 11.8. The quantitative estimate of drug-likeness (QED) is 0.426. The first-order chi connectivity index (χ1) is 27.0. The van der Waals surface area contributed by atoms with Gasteiger partial charge in [-0.1, -0.05) is 37.5 Å². The van der Waals surface area contributed by atoms with Gasteiger partial charge in [0, 0.05) is 73.6 Å². The van der Waals surface area contributed by atoms with Crippen LogP contribution in [0.1, 0.15) is 88.3 Å². The molecule has 2 aromatic rings. The van der Waals surface area contributed by atoms with Crippen LogP contribution in [0, 0.1) is 16.7 Å². The van der Waals surface area contributed by atoms with Crippen molar-refractivity contribution < 1.29 is 32.3 Å². The molecule has 8 aliphatic rings. The molecule has 4 amide bonds. The Balaban J connectivity index is 1.03. The predicted molar refractivity (Wildman–Crippen MR) is 211 cm³/mol. The average molecular weight is 784 g/mol. The standard InChI is InChI=1S/C43H53N5O7S/c1-26(2)56(52,53)44-39(49)37-32-21-48-33(20-31-34(54-3)13-12-28(38(31)48)27-8-5-4-6-9-27)35-29(36(32)37)10-7-11-30(35)40(50)46-22-42-14-15-43(42,23-46)25-47(24-42)41(51)45-16-18-55-19-17-45/h7,10,12-13,20,26-27,30,35H,4-6,8-9,11,14-19,21-25H2,1-3H3,(H,44,49)/t30-,35-,42?,43?/m1/s1. The summed E-state index contributed by atoms with van der Waals surface area (Å²) >= 11 is 0. The number of hydrogen-bond donors (Lipinski definition) is 1. The van der Waals surface area contributed by atoms with Crippen LogP contribution >= 0.6 is 0 Å². The van der Waals surface area contributed by atoms with E-state index in [1.807, 2.05) is 9.80 Å². The molecule has 2 unspecified atom stereocenters. The van der Waals surface area contributed by atoms with Crippen molar-refractivity contribution in [3.63, 3.8) is 0 Å². The first-order valence-corrected chi connectivity index (χ1v) is 22.3. The maximum absolute atomic E-state index is 15.2. The lowest BCUT2D eigenvalue weighted by molar-refractivity contribution is -0.135. The first kappa shape index (κ1) is 36.3. The topological polar surface area (TPSA) is 130 Å². The van der Waals surface area contributed by atoms with E-state index in [1.54, 1.807) is 21.0 Å². The third kappa shape index (κ3) is 5.31. The highest BCUT2D eigenvalue weighted by molar-refractivity contribution is 7.90.